The topological polar surface area (TPSA) is 120 Å². The first-order chi connectivity index (χ1) is 15.1. The van der Waals surface area contributed by atoms with Gasteiger partial charge in [0.2, 0.25) is 0 Å². The van der Waals surface area contributed by atoms with Crippen LogP contribution in [-0.2, 0) is 27.4 Å². The minimum Gasteiger partial charge on any atom is -0.461 e. The molecule has 31 heavy (non-hydrogen) atoms. The Kier molecular flexibility index (Phi) is 6.58. The summed E-state index contributed by atoms with van der Waals surface area (Å²) in [5.41, 5.74) is 2.43. The van der Waals surface area contributed by atoms with E-state index < -0.39 is 0 Å². The van der Waals surface area contributed by atoms with Crippen LogP contribution in [0.25, 0.3) is 11.2 Å². The zero-order valence-electron chi connectivity index (χ0n) is 17.3. The van der Waals surface area contributed by atoms with Gasteiger partial charge in [-0.3, -0.25) is 9.36 Å². The number of carbonyl (C=O) groups excluding carboxylic acids is 1. The Bertz CT molecular complexity index is 1100. The van der Waals surface area contributed by atoms with Gasteiger partial charge in [-0.2, -0.15) is 4.98 Å². The van der Waals surface area contributed by atoms with Crippen molar-refractivity contribution in [2.45, 2.75) is 32.0 Å². The fourth-order valence-corrected chi connectivity index (χ4v) is 3.50. The van der Waals surface area contributed by atoms with E-state index in [0.717, 1.165) is 30.5 Å². The van der Waals surface area contributed by atoms with E-state index in [2.05, 4.69) is 20.3 Å². The zero-order valence-corrected chi connectivity index (χ0v) is 17.3. The lowest BCUT2D eigenvalue weighted by Gasteiger charge is -2.11. The summed E-state index contributed by atoms with van der Waals surface area (Å²) in [6, 6.07) is 7.55. The van der Waals surface area contributed by atoms with Crippen LogP contribution in [0.15, 0.2) is 35.3 Å². The van der Waals surface area contributed by atoms with Crippen LogP contribution in [0.3, 0.4) is 0 Å². The van der Waals surface area contributed by atoms with Crippen LogP contribution in [0.4, 0.5) is 0 Å². The SMILES string of the molecule is COCCOc1ncc2[nH]c(=O)n(Cc3cccc(COC(=O)[C@H]4CCCN4)c3)c2n1. The molecule has 1 aliphatic heterocycles. The second-order valence-electron chi connectivity index (χ2n) is 7.32. The minimum absolute atomic E-state index is 0.179. The van der Waals surface area contributed by atoms with Crippen molar-refractivity contribution in [2.24, 2.45) is 0 Å². The summed E-state index contributed by atoms with van der Waals surface area (Å²) in [5.74, 6) is -0.228. The number of hydrogen-bond donors (Lipinski definition) is 2. The number of methoxy groups -OCH3 is 1. The lowest BCUT2D eigenvalue weighted by molar-refractivity contribution is -0.147. The second kappa shape index (κ2) is 9.71. The van der Waals surface area contributed by atoms with Crippen LogP contribution in [0, 0.1) is 0 Å². The fraction of sp³-hybridized carbons (Fsp3) is 0.429. The lowest BCUT2D eigenvalue weighted by atomic mass is 10.1. The predicted molar refractivity (Wildman–Crippen MR) is 112 cm³/mol. The summed E-state index contributed by atoms with van der Waals surface area (Å²) < 4.78 is 17.4. The van der Waals surface area contributed by atoms with Crippen LogP contribution < -0.4 is 15.7 Å². The number of imidazole rings is 1. The molecule has 2 aromatic heterocycles. The van der Waals surface area contributed by atoms with Crippen molar-refractivity contribution < 1.29 is 19.0 Å². The molecule has 1 fully saturated rings. The largest absolute Gasteiger partial charge is 0.461 e. The number of fused-ring (bicyclic) bond motifs is 1. The maximum Gasteiger partial charge on any atom is 0.328 e. The lowest BCUT2D eigenvalue weighted by Crippen LogP contribution is -2.32. The molecule has 10 nitrogen and oxygen atoms in total. The maximum absolute atomic E-state index is 12.5. The first kappa shape index (κ1) is 21.0. The number of esters is 1. The molecule has 4 rings (SSSR count). The van der Waals surface area contributed by atoms with Crippen LogP contribution in [0.2, 0.25) is 0 Å². The highest BCUT2D eigenvalue weighted by atomic mass is 16.5. The number of benzene rings is 1. The van der Waals surface area contributed by atoms with Crippen LogP contribution in [-0.4, -0.2) is 58.4 Å². The zero-order chi connectivity index (χ0) is 21.6. The number of aromatic nitrogens is 4. The normalized spacial score (nSPS) is 16.0. The maximum atomic E-state index is 12.5. The Morgan fingerprint density at radius 1 is 1.29 bits per heavy atom. The molecule has 1 aliphatic rings. The number of nitrogens with one attached hydrogen (secondary N) is 2. The Morgan fingerprint density at radius 3 is 2.97 bits per heavy atom. The van der Waals surface area contributed by atoms with Crippen molar-refractivity contribution in [1.82, 2.24) is 24.8 Å². The average molecular weight is 427 g/mol. The third kappa shape index (κ3) is 5.09. The van der Waals surface area contributed by atoms with E-state index in [0.29, 0.717) is 30.9 Å². The molecule has 0 radical (unpaired) electrons. The number of aromatic amines is 1. The third-order valence-electron chi connectivity index (χ3n) is 5.07. The Hall–Kier alpha value is -3.24. The number of rotatable bonds is 9. The molecular formula is C21H25N5O5. The van der Waals surface area contributed by atoms with Crippen molar-refractivity contribution >= 4 is 17.1 Å². The van der Waals surface area contributed by atoms with Crippen molar-refractivity contribution in [3.8, 4) is 6.01 Å². The van der Waals surface area contributed by atoms with Crippen molar-refractivity contribution in [3.05, 3.63) is 52.1 Å². The minimum atomic E-state index is -0.289. The molecule has 0 unspecified atom stereocenters. The molecule has 0 saturated carbocycles. The van der Waals surface area contributed by atoms with Crippen LogP contribution in [0.1, 0.15) is 24.0 Å². The van der Waals surface area contributed by atoms with Crippen molar-refractivity contribution in [1.29, 1.82) is 0 Å². The summed E-state index contributed by atoms with van der Waals surface area (Å²) in [7, 11) is 1.58. The van der Waals surface area contributed by atoms with Gasteiger partial charge in [-0.15, -0.1) is 0 Å². The predicted octanol–water partition coefficient (Wildman–Crippen LogP) is 0.988. The molecule has 0 amide bonds. The summed E-state index contributed by atoms with van der Waals surface area (Å²) in [5, 5.41) is 3.13. The second-order valence-corrected chi connectivity index (χ2v) is 7.32. The quantitative estimate of drug-likeness (QED) is 0.383. The fourth-order valence-electron chi connectivity index (χ4n) is 3.50. The highest BCUT2D eigenvalue weighted by Gasteiger charge is 2.23. The molecule has 10 heteroatoms. The first-order valence-electron chi connectivity index (χ1n) is 10.2. The number of hydrogen-bond acceptors (Lipinski definition) is 8. The molecular weight excluding hydrogens is 402 g/mol. The van der Waals surface area contributed by atoms with Crippen LogP contribution in [0.5, 0.6) is 6.01 Å². The van der Waals surface area contributed by atoms with Gasteiger partial charge in [-0.05, 0) is 30.5 Å². The number of nitrogens with zero attached hydrogens (tertiary/aromatic N) is 3. The van der Waals surface area contributed by atoms with Gasteiger partial charge in [-0.1, -0.05) is 24.3 Å². The number of ether oxygens (including phenoxy) is 3. The van der Waals surface area contributed by atoms with E-state index in [1.807, 2.05) is 24.3 Å². The molecule has 0 bridgehead atoms. The summed E-state index contributed by atoms with van der Waals surface area (Å²) >= 11 is 0. The number of H-pyrrole nitrogens is 1. The molecule has 1 aromatic carbocycles. The smallest absolute Gasteiger partial charge is 0.328 e. The highest BCUT2D eigenvalue weighted by molar-refractivity contribution is 5.76. The van der Waals surface area contributed by atoms with Crippen molar-refractivity contribution in [2.75, 3.05) is 26.9 Å². The molecule has 0 aliphatic carbocycles. The molecule has 0 spiro atoms. The highest BCUT2D eigenvalue weighted by Crippen LogP contribution is 2.14. The van der Waals surface area contributed by atoms with Gasteiger partial charge >= 0.3 is 17.7 Å². The molecule has 1 atom stereocenters. The van der Waals surface area contributed by atoms with Gasteiger partial charge in [-0.25, -0.2) is 9.78 Å². The summed E-state index contributed by atoms with van der Waals surface area (Å²) in [4.78, 5) is 35.8. The van der Waals surface area contributed by atoms with E-state index in [9.17, 15) is 9.59 Å². The molecule has 3 aromatic rings. The van der Waals surface area contributed by atoms with E-state index in [1.165, 1.54) is 10.8 Å². The standard InChI is InChI=1S/C21H25N5O5/c1-29-8-9-30-20-23-11-17-18(25-20)26(21(28)24-17)12-14-4-2-5-15(10-14)13-31-19(27)16-6-3-7-22-16/h2,4-5,10-11,16,22H,3,6-9,12-13H2,1H3,(H,24,28)/t16-/m1/s1. The summed E-state index contributed by atoms with van der Waals surface area (Å²) in [6.07, 6.45) is 3.31. The van der Waals surface area contributed by atoms with Gasteiger partial charge < -0.3 is 24.5 Å². The third-order valence-corrected chi connectivity index (χ3v) is 5.07. The van der Waals surface area contributed by atoms with Gasteiger partial charge in [0.05, 0.1) is 19.3 Å². The van der Waals surface area contributed by atoms with Gasteiger partial charge in [0.25, 0.3) is 0 Å². The van der Waals surface area contributed by atoms with Crippen molar-refractivity contribution in [3.63, 3.8) is 0 Å². The Balaban J connectivity index is 1.47. The summed E-state index contributed by atoms with van der Waals surface area (Å²) in [6.45, 7) is 2.06. The molecule has 3 heterocycles. The molecule has 2 N–H and O–H groups in total. The molecule has 164 valence electrons. The Labute approximate surface area is 178 Å². The monoisotopic (exact) mass is 427 g/mol. The van der Waals surface area contributed by atoms with Crippen LogP contribution >= 0.6 is 0 Å². The van der Waals surface area contributed by atoms with Gasteiger partial charge in [0, 0.05) is 7.11 Å². The van der Waals surface area contributed by atoms with Gasteiger partial charge in [0.1, 0.15) is 24.8 Å². The first-order valence-corrected chi connectivity index (χ1v) is 10.2. The number of carbonyl (C=O) groups is 1. The van der Waals surface area contributed by atoms with E-state index >= 15 is 0 Å². The van der Waals surface area contributed by atoms with E-state index in [4.69, 9.17) is 14.2 Å². The van der Waals surface area contributed by atoms with E-state index in [-0.39, 0.29) is 30.3 Å². The van der Waals surface area contributed by atoms with E-state index in [1.54, 1.807) is 7.11 Å². The average Bonchev–Trinajstić information content (AvgIpc) is 3.42. The molecule has 1 saturated heterocycles. The Morgan fingerprint density at radius 2 is 2.16 bits per heavy atom. The van der Waals surface area contributed by atoms with Gasteiger partial charge in [0.15, 0.2) is 5.65 Å².